The van der Waals surface area contributed by atoms with E-state index in [2.05, 4.69) is 11.8 Å². The van der Waals surface area contributed by atoms with E-state index in [-0.39, 0.29) is 10.8 Å². The van der Waals surface area contributed by atoms with Crippen LogP contribution in [-0.4, -0.2) is 6.54 Å². The summed E-state index contributed by atoms with van der Waals surface area (Å²) in [6.07, 6.45) is 1.01. The van der Waals surface area contributed by atoms with Gasteiger partial charge in [-0.25, -0.2) is 4.39 Å². The zero-order valence-corrected chi connectivity index (χ0v) is 12.2. The Morgan fingerprint density at radius 3 is 2.45 bits per heavy atom. The predicted molar refractivity (Wildman–Crippen MR) is 83.6 cm³/mol. The molecule has 2 aromatic carbocycles. The highest BCUT2D eigenvalue weighted by Crippen LogP contribution is 2.21. The van der Waals surface area contributed by atoms with Crippen LogP contribution in [0.1, 0.15) is 18.9 Å². The first kappa shape index (κ1) is 14.7. The largest absolute Gasteiger partial charge is 0.399 e. The topological polar surface area (TPSA) is 29.3 Å². The zero-order chi connectivity index (χ0) is 14.5. The monoisotopic (exact) mass is 292 g/mol. The number of halogens is 2. The van der Waals surface area contributed by atoms with Crippen molar-refractivity contribution < 1.29 is 4.39 Å². The Balaban J connectivity index is 2.20. The van der Waals surface area contributed by atoms with Crippen LogP contribution in [0.15, 0.2) is 42.5 Å². The van der Waals surface area contributed by atoms with E-state index in [9.17, 15) is 4.39 Å². The van der Waals surface area contributed by atoms with Gasteiger partial charge in [-0.15, -0.1) is 0 Å². The molecule has 0 unspecified atom stereocenters. The van der Waals surface area contributed by atoms with Gasteiger partial charge in [0.2, 0.25) is 0 Å². The van der Waals surface area contributed by atoms with E-state index in [0.717, 1.165) is 29.9 Å². The second kappa shape index (κ2) is 6.62. The fraction of sp³-hybridized carbons (Fsp3) is 0.250. The minimum absolute atomic E-state index is 0.156. The van der Waals surface area contributed by atoms with E-state index < -0.39 is 0 Å². The van der Waals surface area contributed by atoms with Crippen LogP contribution in [-0.2, 0) is 6.54 Å². The summed E-state index contributed by atoms with van der Waals surface area (Å²) in [7, 11) is 0. The molecule has 0 heterocycles. The van der Waals surface area contributed by atoms with Crippen molar-refractivity contribution in [2.24, 2.45) is 0 Å². The molecule has 2 N–H and O–H groups in total. The van der Waals surface area contributed by atoms with Crippen LogP contribution < -0.4 is 10.6 Å². The molecule has 2 aromatic rings. The highest BCUT2D eigenvalue weighted by molar-refractivity contribution is 6.30. The molecule has 0 atom stereocenters. The standard InChI is InChI=1S/C16H18ClFN2/c1-2-9-20(14-6-4-13(19)5-7-14)11-12-3-8-15(17)16(18)10-12/h3-8,10H,2,9,11,19H2,1H3. The smallest absolute Gasteiger partial charge is 0.142 e. The highest BCUT2D eigenvalue weighted by Gasteiger charge is 2.08. The summed E-state index contributed by atoms with van der Waals surface area (Å²) in [6, 6.07) is 12.7. The highest BCUT2D eigenvalue weighted by atomic mass is 35.5. The molecule has 4 heteroatoms. The Labute approximate surface area is 124 Å². The van der Waals surface area contributed by atoms with Gasteiger partial charge in [-0.1, -0.05) is 24.6 Å². The van der Waals surface area contributed by atoms with Crippen LogP contribution in [0.4, 0.5) is 15.8 Å². The molecule has 0 aliphatic heterocycles. The maximum atomic E-state index is 13.5. The van der Waals surface area contributed by atoms with Gasteiger partial charge >= 0.3 is 0 Å². The molecule has 0 amide bonds. The molecule has 0 fully saturated rings. The summed E-state index contributed by atoms with van der Waals surface area (Å²) in [4.78, 5) is 2.20. The molecule has 0 aliphatic rings. The fourth-order valence-electron chi connectivity index (χ4n) is 2.11. The summed E-state index contributed by atoms with van der Waals surface area (Å²) in [5, 5.41) is 0.156. The van der Waals surface area contributed by atoms with Crippen LogP contribution >= 0.6 is 11.6 Å². The lowest BCUT2D eigenvalue weighted by Crippen LogP contribution is -2.23. The molecule has 2 rings (SSSR count). The molecule has 2 nitrogen and oxygen atoms in total. The number of anilines is 2. The Morgan fingerprint density at radius 1 is 1.15 bits per heavy atom. The molecular weight excluding hydrogens is 275 g/mol. The second-order valence-corrected chi connectivity index (χ2v) is 5.17. The molecule has 0 aliphatic carbocycles. The lowest BCUT2D eigenvalue weighted by Gasteiger charge is -2.24. The molecular formula is C16H18ClFN2. The van der Waals surface area contributed by atoms with Gasteiger partial charge in [-0.2, -0.15) is 0 Å². The van der Waals surface area contributed by atoms with Crippen molar-refractivity contribution in [2.75, 3.05) is 17.2 Å². The molecule has 20 heavy (non-hydrogen) atoms. The molecule has 0 aromatic heterocycles. The van der Waals surface area contributed by atoms with Crippen LogP contribution in [0.25, 0.3) is 0 Å². The van der Waals surface area contributed by atoms with Gasteiger partial charge in [0.05, 0.1) is 5.02 Å². The lowest BCUT2D eigenvalue weighted by molar-refractivity contribution is 0.624. The normalized spacial score (nSPS) is 10.6. The van der Waals surface area contributed by atoms with Crippen molar-refractivity contribution in [2.45, 2.75) is 19.9 Å². The van der Waals surface area contributed by atoms with Crippen molar-refractivity contribution in [3.63, 3.8) is 0 Å². The van der Waals surface area contributed by atoms with Gasteiger partial charge in [-0.05, 0) is 48.4 Å². The van der Waals surface area contributed by atoms with Crippen molar-refractivity contribution in [3.05, 3.63) is 58.9 Å². The van der Waals surface area contributed by atoms with Gasteiger partial charge in [-0.3, -0.25) is 0 Å². The molecule has 0 saturated heterocycles. The summed E-state index contributed by atoms with van der Waals surface area (Å²) in [5.74, 6) is -0.377. The molecule has 106 valence electrons. The zero-order valence-electron chi connectivity index (χ0n) is 11.4. The van der Waals surface area contributed by atoms with Gasteiger partial charge in [0, 0.05) is 24.5 Å². The number of rotatable bonds is 5. The lowest BCUT2D eigenvalue weighted by atomic mass is 10.1. The number of hydrogen-bond donors (Lipinski definition) is 1. The van der Waals surface area contributed by atoms with E-state index in [4.69, 9.17) is 17.3 Å². The minimum atomic E-state index is -0.377. The van der Waals surface area contributed by atoms with Gasteiger partial charge in [0.25, 0.3) is 0 Å². The van der Waals surface area contributed by atoms with Gasteiger partial charge in [0.15, 0.2) is 0 Å². The molecule has 0 bridgehead atoms. The number of nitrogen functional groups attached to an aromatic ring is 1. The van der Waals surface area contributed by atoms with Crippen molar-refractivity contribution in [1.29, 1.82) is 0 Å². The summed E-state index contributed by atoms with van der Waals surface area (Å²) in [5.41, 5.74) is 8.43. The van der Waals surface area contributed by atoms with E-state index in [1.807, 2.05) is 30.3 Å². The number of benzene rings is 2. The van der Waals surface area contributed by atoms with Crippen LogP contribution in [0.3, 0.4) is 0 Å². The SMILES string of the molecule is CCCN(Cc1ccc(Cl)c(F)c1)c1ccc(N)cc1. The van der Waals surface area contributed by atoms with Gasteiger partial charge in [0.1, 0.15) is 5.82 Å². The van der Waals surface area contributed by atoms with E-state index in [1.54, 1.807) is 6.07 Å². The van der Waals surface area contributed by atoms with E-state index in [1.165, 1.54) is 6.07 Å². The second-order valence-electron chi connectivity index (χ2n) is 4.76. The van der Waals surface area contributed by atoms with Crippen LogP contribution in [0, 0.1) is 5.82 Å². The van der Waals surface area contributed by atoms with Gasteiger partial charge < -0.3 is 10.6 Å². The van der Waals surface area contributed by atoms with Crippen molar-refractivity contribution in [1.82, 2.24) is 0 Å². The van der Waals surface area contributed by atoms with Crippen molar-refractivity contribution in [3.8, 4) is 0 Å². The summed E-state index contributed by atoms with van der Waals surface area (Å²) < 4.78 is 13.5. The Kier molecular flexibility index (Phi) is 4.85. The molecule has 0 saturated carbocycles. The third-order valence-corrected chi connectivity index (χ3v) is 3.42. The number of nitrogens with two attached hydrogens (primary N) is 1. The Morgan fingerprint density at radius 2 is 1.85 bits per heavy atom. The summed E-state index contributed by atoms with van der Waals surface area (Å²) >= 11 is 5.71. The molecule has 0 radical (unpaired) electrons. The summed E-state index contributed by atoms with van der Waals surface area (Å²) in [6.45, 7) is 3.66. The maximum Gasteiger partial charge on any atom is 0.142 e. The quantitative estimate of drug-likeness (QED) is 0.823. The fourth-order valence-corrected chi connectivity index (χ4v) is 2.23. The Bertz CT molecular complexity index is 569. The number of hydrogen-bond acceptors (Lipinski definition) is 2. The first-order valence-electron chi connectivity index (χ1n) is 6.64. The average molecular weight is 293 g/mol. The van der Waals surface area contributed by atoms with E-state index in [0.29, 0.717) is 6.54 Å². The third-order valence-electron chi connectivity index (χ3n) is 3.11. The third kappa shape index (κ3) is 3.64. The first-order valence-corrected chi connectivity index (χ1v) is 7.02. The Hall–Kier alpha value is -1.74. The number of nitrogens with zero attached hydrogens (tertiary/aromatic N) is 1. The molecule has 0 spiro atoms. The van der Waals surface area contributed by atoms with Crippen molar-refractivity contribution >= 4 is 23.0 Å². The minimum Gasteiger partial charge on any atom is -0.399 e. The average Bonchev–Trinajstić information content (AvgIpc) is 2.43. The van der Waals surface area contributed by atoms with Crippen LogP contribution in [0.2, 0.25) is 5.02 Å². The first-order chi connectivity index (χ1) is 9.60. The van der Waals surface area contributed by atoms with Crippen LogP contribution in [0.5, 0.6) is 0 Å². The maximum absolute atomic E-state index is 13.5. The van der Waals surface area contributed by atoms with E-state index >= 15 is 0 Å². The predicted octanol–water partition coefficient (Wildman–Crippen LogP) is 4.48.